The molecule has 0 spiro atoms. The Balaban J connectivity index is 2.44. The zero-order valence-electron chi connectivity index (χ0n) is 17.8. The minimum absolute atomic E-state index is 0.0118. The number of halogens is 3. The van der Waals surface area contributed by atoms with E-state index >= 15 is 0 Å². The van der Waals surface area contributed by atoms with Gasteiger partial charge in [0.15, 0.2) is 0 Å². The van der Waals surface area contributed by atoms with Crippen LogP contribution >= 0.6 is 23.2 Å². The fraction of sp³-hybridized carbons (Fsp3) is 0.333. The Labute approximate surface area is 197 Å². The van der Waals surface area contributed by atoms with E-state index in [0.29, 0.717) is 22.2 Å². The molecule has 2 aromatic carbocycles. The first kappa shape index (κ1) is 25.9. The highest BCUT2D eigenvalue weighted by Gasteiger charge is 2.30. The second-order valence-corrected chi connectivity index (χ2v) is 9.76. The van der Waals surface area contributed by atoms with Crippen LogP contribution in [0, 0.1) is 5.82 Å². The standard InChI is InChI=1S/C21H24Cl2FN3O4S/c1-4-25-21(29)14(2)26(12-17-18(22)9-6-10-19(17)23)20(28)13-27(32(3,30)31)16-8-5-7-15(24)11-16/h5-11,14H,4,12-13H2,1-3H3,(H,25,29). The Morgan fingerprint density at radius 2 is 1.72 bits per heavy atom. The number of benzene rings is 2. The molecule has 0 aromatic heterocycles. The summed E-state index contributed by atoms with van der Waals surface area (Å²) < 4.78 is 39.3. The smallest absolute Gasteiger partial charge is 0.244 e. The van der Waals surface area contributed by atoms with Crippen molar-refractivity contribution in [1.29, 1.82) is 0 Å². The Morgan fingerprint density at radius 3 is 2.25 bits per heavy atom. The molecular formula is C21H24Cl2FN3O4S. The van der Waals surface area contributed by atoms with E-state index in [1.165, 1.54) is 24.0 Å². The average Bonchev–Trinajstić information content (AvgIpc) is 2.70. The molecular weight excluding hydrogens is 480 g/mol. The molecule has 0 saturated heterocycles. The van der Waals surface area contributed by atoms with E-state index in [1.807, 2.05) is 0 Å². The number of anilines is 1. The molecule has 0 aliphatic rings. The molecule has 1 N–H and O–H groups in total. The van der Waals surface area contributed by atoms with E-state index in [4.69, 9.17) is 23.2 Å². The molecule has 0 aliphatic carbocycles. The van der Waals surface area contributed by atoms with Gasteiger partial charge in [-0.05, 0) is 44.2 Å². The van der Waals surface area contributed by atoms with E-state index in [9.17, 15) is 22.4 Å². The summed E-state index contributed by atoms with van der Waals surface area (Å²) in [5.74, 6) is -1.77. The van der Waals surface area contributed by atoms with Gasteiger partial charge >= 0.3 is 0 Å². The number of hydrogen-bond acceptors (Lipinski definition) is 4. The summed E-state index contributed by atoms with van der Waals surface area (Å²) in [6, 6.07) is 8.76. The van der Waals surface area contributed by atoms with Crippen LogP contribution in [0.2, 0.25) is 10.0 Å². The Morgan fingerprint density at radius 1 is 1.12 bits per heavy atom. The van der Waals surface area contributed by atoms with Crippen molar-refractivity contribution in [2.45, 2.75) is 26.4 Å². The van der Waals surface area contributed by atoms with Crippen molar-refractivity contribution < 1.29 is 22.4 Å². The third-order valence-electron chi connectivity index (χ3n) is 4.68. The number of amides is 2. The summed E-state index contributed by atoms with van der Waals surface area (Å²) >= 11 is 12.5. The van der Waals surface area contributed by atoms with Gasteiger partial charge < -0.3 is 10.2 Å². The van der Waals surface area contributed by atoms with Gasteiger partial charge in [0.25, 0.3) is 0 Å². The molecule has 1 unspecified atom stereocenters. The second-order valence-electron chi connectivity index (χ2n) is 7.04. The summed E-state index contributed by atoms with van der Waals surface area (Å²) in [4.78, 5) is 27.0. The molecule has 1 atom stereocenters. The minimum Gasteiger partial charge on any atom is -0.355 e. The third kappa shape index (κ3) is 6.57. The van der Waals surface area contributed by atoms with Crippen LogP contribution < -0.4 is 9.62 Å². The number of sulfonamides is 1. The van der Waals surface area contributed by atoms with Gasteiger partial charge in [-0.25, -0.2) is 12.8 Å². The molecule has 2 amide bonds. The summed E-state index contributed by atoms with van der Waals surface area (Å²) in [5, 5.41) is 3.23. The van der Waals surface area contributed by atoms with Gasteiger partial charge in [-0.3, -0.25) is 13.9 Å². The number of likely N-dealkylation sites (N-methyl/N-ethyl adjacent to an activating group) is 1. The molecule has 174 valence electrons. The maximum atomic E-state index is 13.7. The van der Waals surface area contributed by atoms with Crippen molar-refractivity contribution in [2.75, 3.05) is 23.7 Å². The van der Waals surface area contributed by atoms with Gasteiger partial charge in [0.05, 0.1) is 11.9 Å². The summed E-state index contributed by atoms with van der Waals surface area (Å²) in [7, 11) is -3.94. The first-order valence-electron chi connectivity index (χ1n) is 9.69. The largest absolute Gasteiger partial charge is 0.355 e. The molecule has 11 heteroatoms. The fourth-order valence-electron chi connectivity index (χ4n) is 3.00. The lowest BCUT2D eigenvalue weighted by Crippen LogP contribution is -2.51. The Hall–Kier alpha value is -2.36. The molecule has 2 aromatic rings. The zero-order chi connectivity index (χ0) is 24.1. The highest BCUT2D eigenvalue weighted by Crippen LogP contribution is 2.27. The van der Waals surface area contributed by atoms with Crippen LogP contribution in [0.25, 0.3) is 0 Å². The molecule has 32 heavy (non-hydrogen) atoms. The van der Waals surface area contributed by atoms with E-state index in [0.717, 1.165) is 22.7 Å². The zero-order valence-corrected chi connectivity index (χ0v) is 20.1. The number of carbonyl (C=O) groups excluding carboxylic acids is 2. The average molecular weight is 504 g/mol. The van der Waals surface area contributed by atoms with Gasteiger partial charge in [-0.1, -0.05) is 35.3 Å². The van der Waals surface area contributed by atoms with Crippen LogP contribution in [-0.2, 0) is 26.2 Å². The first-order chi connectivity index (χ1) is 15.0. The normalized spacial score (nSPS) is 12.2. The summed E-state index contributed by atoms with van der Waals surface area (Å²) in [6.07, 6.45) is 0.910. The van der Waals surface area contributed by atoms with E-state index in [2.05, 4.69) is 5.32 Å². The van der Waals surface area contributed by atoms with Crippen LogP contribution in [0.4, 0.5) is 10.1 Å². The third-order valence-corrected chi connectivity index (χ3v) is 6.53. The van der Waals surface area contributed by atoms with Gasteiger partial charge in [0.2, 0.25) is 21.8 Å². The van der Waals surface area contributed by atoms with Crippen molar-refractivity contribution >= 4 is 50.7 Å². The molecule has 0 aliphatic heterocycles. The molecule has 2 rings (SSSR count). The Bertz CT molecular complexity index is 1080. The molecule has 0 fully saturated rings. The predicted molar refractivity (Wildman–Crippen MR) is 124 cm³/mol. The van der Waals surface area contributed by atoms with Gasteiger partial charge in [-0.2, -0.15) is 0 Å². The second kappa shape index (κ2) is 11.0. The van der Waals surface area contributed by atoms with E-state index < -0.39 is 40.2 Å². The van der Waals surface area contributed by atoms with Crippen molar-refractivity contribution in [3.8, 4) is 0 Å². The quantitative estimate of drug-likeness (QED) is 0.567. The number of carbonyl (C=O) groups is 2. The number of rotatable bonds is 9. The Kier molecular flexibility index (Phi) is 8.89. The van der Waals surface area contributed by atoms with Crippen molar-refractivity contribution in [3.63, 3.8) is 0 Å². The predicted octanol–water partition coefficient (Wildman–Crippen LogP) is 3.45. The lowest BCUT2D eigenvalue weighted by atomic mass is 10.1. The topological polar surface area (TPSA) is 86.8 Å². The summed E-state index contributed by atoms with van der Waals surface area (Å²) in [6.45, 7) is 2.82. The SMILES string of the molecule is CCNC(=O)C(C)N(Cc1c(Cl)cccc1Cl)C(=O)CN(c1cccc(F)c1)S(C)(=O)=O. The monoisotopic (exact) mass is 503 g/mol. The van der Waals surface area contributed by atoms with E-state index in [1.54, 1.807) is 25.1 Å². The maximum absolute atomic E-state index is 13.7. The molecule has 0 bridgehead atoms. The van der Waals surface area contributed by atoms with Crippen LogP contribution in [0.3, 0.4) is 0 Å². The summed E-state index contributed by atoms with van der Waals surface area (Å²) in [5.41, 5.74) is 0.402. The minimum atomic E-state index is -3.94. The highest BCUT2D eigenvalue weighted by molar-refractivity contribution is 7.92. The number of nitrogens with one attached hydrogen (secondary N) is 1. The lowest BCUT2D eigenvalue weighted by molar-refractivity contribution is -0.139. The maximum Gasteiger partial charge on any atom is 0.244 e. The van der Waals surface area contributed by atoms with Gasteiger partial charge in [0, 0.05) is 28.7 Å². The van der Waals surface area contributed by atoms with E-state index in [-0.39, 0.29) is 12.2 Å². The molecule has 7 nitrogen and oxygen atoms in total. The highest BCUT2D eigenvalue weighted by atomic mass is 35.5. The fourth-order valence-corrected chi connectivity index (χ4v) is 4.36. The van der Waals surface area contributed by atoms with Crippen LogP contribution in [0.5, 0.6) is 0 Å². The first-order valence-corrected chi connectivity index (χ1v) is 12.3. The van der Waals surface area contributed by atoms with Gasteiger partial charge in [0.1, 0.15) is 18.4 Å². The van der Waals surface area contributed by atoms with Gasteiger partial charge in [-0.15, -0.1) is 0 Å². The molecule has 0 heterocycles. The molecule has 0 saturated carbocycles. The molecule has 0 radical (unpaired) electrons. The van der Waals surface area contributed by atoms with Crippen molar-refractivity contribution in [3.05, 3.63) is 63.9 Å². The van der Waals surface area contributed by atoms with Crippen LogP contribution in [-0.4, -0.2) is 50.5 Å². The van der Waals surface area contributed by atoms with Crippen molar-refractivity contribution in [2.24, 2.45) is 0 Å². The van der Waals surface area contributed by atoms with Crippen LogP contribution in [0.15, 0.2) is 42.5 Å². The lowest BCUT2D eigenvalue weighted by Gasteiger charge is -2.31. The number of nitrogens with zero attached hydrogens (tertiary/aromatic N) is 2. The number of hydrogen-bond donors (Lipinski definition) is 1. The van der Waals surface area contributed by atoms with Crippen LogP contribution in [0.1, 0.15) is 19.4 Å². The van der Waals surface area contributed by atoms with Crippen molar-refractivity contribution in [1.82, 2.24) is 10.2 Å².